The SMILES string of the molecule is O=C(COC(=O)c1cc(-c2ccc(N3C(=O)C4C5CCC(C5)C4C3=O)cc2)nc2ccccc12)c1ccc(Cl)cc1. The molecule has 41 heavy (non-hydrogen) atoms. The van der Waals surface area contributed by atoms with E-state index in [9.17, 15) is 19.2 Å². The Kier molecular flexibility index (Phi) is 6.20. The summed E-state index contributed by atoms with van der Waals surface area (Å²) in [5.41, 5.74) is 3.07. The molecule has 0 radical (unpaired) electrons. The number of aromatic nitrogens is 1. The molecule has 8 heteroatoms. The predicted octanol–water partition coefficient (Wildman–Crippen LogP) is 6.13. The number of carbonyl (C=O) groups is 4. The molecule has 2 saturated carbocycles. The number of nitrogens with zero attached hydrogens (tertiary/aromatic N) is 2. The smallest absolute Gasteiger partial charge is 0.339 e. The fourth-order valence-electron chi connectivity index (χ4n) is 6.86. The maximum atomic E-state index is 13.2. The van der Waals surface area contributed by atoms with Crippen LogP contribution in [0.3, 0.4) is 0 Å². The Morgan fingerprint density at radius 3 is 2.22 bits per heavy atom. The van der Waals surface area contributed by atoms with Crippen LogP contribution in [0.1, 0.15) is 40.0 Å². The molecule has 4 aromatic rings. The lowest BCUT2D eigenvalue weighted by atomic mass is 9.81. The number of pyridine rings is 1. The van der Waals surface area contributed by atoms with E-state index in [1.807, 2.05) is 6.07 Å². The van der Waals surface area contributed by atoms with Gasteiger partial charge in [-0.25, -0.2) is 9.78 Å². The van der Waals surface area contributed by atoms with Crippen molar-refractivity contribution in [1.29, 1.82) is 0 Å². The first-order chi connectivity index (χ1) is 19.9. The highest BCUT2D eigenvalue weighted by molar-refractivity contribution is 6.30. The van der Waals surface area contributed by atoms with Gasteiger partial charge in [-0.05, 0) is 79.6 Å². The summed E-state index contributed by atoms with van der Waals surface area (Å²) in [5.74, 6) is -0.847. The van der Waals surface area contributed by atoms with Crippen LogP contribution in [0.15, 0.2) is 78.9 Å². The van der Waals surface area contributed by atoms with Gasteiger partial charge in [0, 0.05) is 21.5 Å². The summed E-state index contributed by atoms with van der Waals surface area (Å²) in [4.78, 5) is 58.3. The molecule has 1 saturated heterocycles. The van der Waals surface area contributed by atoms with Gasteiger partial charge in [-0.1, -0.05) is 41.9 Å². The molecule has 3 fully saturated rings. The van der Waals surface area contributed by atoms with E-state index in [-0.39, 0.29) is 35.0 Å². The number of benzene rings is 3. The molecule has 7 nitrogen and oxygen atoms in total. The summed E-state index contributed by atoms with van der Waals surface area (Å²) >= 11 is 5.90. The van der Waals surface area contributed by atoms with Crippen LogP contribution in [0, 0.1) is 23.7 Å². The Morgan fingerprint density at radius 1 is 0.878 bits per heavy atom. The highest BCUT2D eigenvalue weighted by atomic mass is 35.5. The lowest BCUT2D eigenvalue weighted by Gasteiger charge is -2.19. The molecule has 0 spiro atoms. The van der Waals surface area contributed by atoms with Gasteiger partial charge in [-0.15, -0.1) is 0 Å². The molecule has 3 aliphatic rings. The minimum absolute atomic E-state index is 0.0815. The average Bonchev–Trinajstić information content (AvgIpc) is 3.69. The summed E-state index contributed by atoms with van der Waals surface area (Å²) < 4.78 is 5.41. The minimum atomic E-state index is -0.641. The van der Waals surface area contributed by atoms with Gasteiger partial charge in [-0.3, -0.25) is 19.3 Å². The van der Waals surface area contributed by atoms with Crippen LogP contribution in [0.2, 0.25) is 5.02 Å². The Morgan fingerprint density at radius 2 is 1.54 bits per heavy atom. The number of fused-ring (bicyclic) bond motifs is 6. The zero-order chi connectivity index (χ0) is 28.2. The van der Waals surface area contributed by atoms with Crippen LogP contribution >= 0.6 is 11.6 Å². The van der Waals surface area contributed by atoms with Crippen molar-refractivity contribution in [2.24, 2.45) is 23.7 Å². The lowest BCUT2D eigenvalue weighted by molar-refractivity contribution is -0.123. The third-order valence-electron chi connectivity index (χ3n) is 8.79. The van der Waals surface area contributed by atoms with Gasteiger partial charge in [-0.2, -0.15) is 0 Å². The molecule has 4 atom stereocenters. The number of hydrogen-bond donors (Lipinski definition) is 0. The minimum Gasteiger partial charge on any atom is -0.454 e. The van der Waals surface area contributed by atoms with E-state index in [2.05, 4.69) is 0 Å². The first kappa shape index (κ1) is 25.6. The number of esters is 1. The first-order valence-corrected chi connectivity index (χ1v) is 14.1. The average molecular weight is 565 g/mol. The summed E-state index contributed by atoms with van der Waals surface area (Å²) in [6.07, 6.45) is 3.06. The van der Waals surface area contributed by atoms with Crippen LogP contribution < -0.4 is 4.90 Å². The van der Waals surface area contributed by atoms with E-state index in [0.717, 1.165) is 19.3 Å². The van der Waals surface area contributed by atoms with E-state index in [1.165, 1.54) is 4.90 Å². The molecule has 7 rings (SSSR count). The molecular weight excluding hydrogens is 540 g/mol. The van der Waals surface area contributed by atoms with Crippen LogP contribution in [-0.2, 0) is 14.3 Å². The molecule has 4 unspecified atom stereocenters. The molecule has 1 aromatic heterocycles. The fraction of sp³-hybridized carbons (Fsp3) is 0.242. The Hall–Kier alpha value is -4.36. The molecular formula is C33H25ClN2O5. The molecule has 2 bridgehead atoms. The summed E-state index contributed by atoms with van der Waals surface area (Å²) in [5, 5.41) is 1.11. The van der Waals surface area contributed by atoms with Gasteiger partial charge >= 0.3 is 5.97 Å². The Bertz CT molecular complexity index is 1710. The lowest BCUT2D eigenvalue weighted by Crippen LogP contribution is -2.32. The van der Waals surface area contributed by atoms with Gasteiger partial charge in [0.15, 0.2) is 12.4 Å². The molecule has 0 N–H and O–H groups in total. The third kappa shape index (κ3) is 4.32. The van der Waals surface area contributed by atoms with E-state index in [0.29, 0.717) is 50.3 Å². The van der Waals surface area contributed by atoms with E-state index in [1.54, 1.807) is 72.8 Å². The third-order valence-corrected chi connectivity index (χ3v) is 9.04. The topological polar surface area (TPSA) is 93.6 Å². The summed E-state index contributed by atoms with van der Waals surface area (Å²) in [6.45, 7) is -0.414. The van der Waals surface area contributed by atoms with Crippen molar-refractivity contribution in [3.8, 4) is 11.3 Å². The van der Waals surface area contributed by atoms with Crippen molar-refractivity contribution in [3.05, 3.63) is 95.0 Å². The van der Waals surface area contributed by atoms with Crippen LogP contribution in [0.4, 0.5) is 5.69 Å². The number of anilines is 1. The highest BCUT2D eigenvalue weighted by Gasteiger charge is 2.61. The second-order valence-corrected chi connectivity index (χ2v) is 11.5. The molecule has 3 aromatic carbocycles. The van der Waals surface area contributed by atoms with Crippen LogP contribution in [0.5, 0.6) is 0 Å². The van der Waals surface area contributed by atoms with E-state index >= 15 is 0 Å². The zero-order valence-corrected chi connectivity index (χ0v) is 22.7. The van der Waals surface area contributed by atoms with Crippen molar-refractivity contribution in [2.75, 3.05) is 11.5 Å². The predicted molar refractivity (Wildman–Crippen MR) is 154 cm³/mol. The zero-order valence-electron chi connectivity index (χ0n) is 22.0. The number of ether oxygens (including phenoxy) is 1. The number of Topliss-reactive ketones (excluding diaryl/α,β-unsaturated/α-hetero) is 1. The molecule has 2 amide bonds. The summed E-state index contributed by atoms with van der Waals surface area (Å²) in [7, 11) is 0. The van der Waals surface area contributed by atoms with Crippen molar-refractivity contribution >= 4 is 51.8 Å². The van der Waals surface area contributed by atoms with Crippen molar-refractivity contribution in [1.82, 2.24) is 4.98 Å². The van der Waals surface area contributed by atoms with Gasteiger partial charge in [0.05, 0.1) is 34.3 Å². The highest BCUT2D eigenvalue weighted by Crippen LogP contribution is 2.56. The number of amides is 2. The Balaban J connectivity index is 1.14. The van der Waals surface area contributed by atoms with Crippen molar-refractivity contribution in [2.45, 2.75) is 19.3 Å². The molecule has 2 aliphatic carbocycles. The number of imide groups is 1. The number of halogens is 1. The monoisotopic (exact) mass is 564 g/mol. The number of para-hydroxylation sites is 1. The second-order valence-electron chi connectivity index (χ2n) is 11.0. The van der Waals surface area contributed by atoms with Crippen LogP contribution in [-0.4, -0.2) is 35.2 Å². The quantitative estimate of drug-likeness (QED) is 0.159. The second kappa shape index (κ2) is 9.93. The number of rotatable bonds is 6. The van der Waals surface area contributed by atoms with Gasteiger partial charge in [0.1, 0.15) is 0 Å². The largest absolute Gasteiger partial charge is 0.454 e. The number of hydrogen-bond acceptors (Lipinski definition) is 6. The van der Waals surface area contributed by atoms with Gasteiger partial charge in [0.25, 0.3) is 0 Å². The van der Waals surface area contributed by atoms with Crippen molar-refractivity contribution < 1.29 is 23.9 Å². The van der Waals surface area contributed by atoms with Gasteiger partial charge < -0.3 is 4.74 Å². The van der Waals surface area contributed by atoms with Crippen molar-refractivity contribution in [3.63, 3.8) is 0 Å². The maximum Gasteiger partial charge on any atom is 0.339 e. The molecule has 2 heterocycles. The number of carbonyl (C=O) groups excluding carboxylic acids is 4. The maximum absolute atomic E-state index is 13.2. The molecule has 204 valence electrons. The van der Waals surface area contributed by atoms with Gasteiger partial charge in [0.2, 0.25) is 11.8 Å². The Labute approximate surface area is 241 Å². The fourth-order valence-corrected chi connectivity index (χ4v) is 6.99. The van der Waals surface area contributed by atoms with Crippen LogP contribution in [0.25, 0.3) is 22.2 Å². The normalized spacial score (nSPS) is 22.8. The standard InChI is InChI=1S/C33H25ClN2O5/c34-22-11-7-19(8-12-22)28(37)17-41-33(40)25-16-27(35-26-4-2-1-3-24(25)26)18-9-13-23(14-10-18)36-31(38)29-20-5-6-21(15-20)30(29)32(36)39/h1-4,7-14,16,20-21,29-30H,5-6,15,17H2. The molecule has 1 aliphatic heterocycles. The first-order valence-electron chi connectivity index (χ1n) is 13.7. The van der Waals surface area contributed by atoms with E-state index in [4.69, 9.17) is 21.3 Å². The summed E-state index contributed by atoms with van der Waals surface area (Å²) in [6, 6.07) is 22.4. The van der Waals surface area contributed by atoms with E-state index < -0.39 is 12.6 Å². The number of ketones is 1.